The van der Waals surface area contributed by atoms with E-state index in [-0.39, 0.29) is 24.8 Å². The highest BCUT2D eigenvalue weighted by molar-refractivity contribution is 7.14. The van der Waals surface area contributed by atoms with Gasteiger partial charge < -0.3 is 20.8 Å². The molecule has 0 bridgehead atoms. The summed E-state index contributed by atoms with van der Waals surface area (Å²) in [7, 11) is 0. The second kappa shape index (κ2) is 10.7. The van der Waals surface area contributed by atoms with E-state index in [1.807, 2.05) is 6.07 Å². The summed E-state index contributed by atoms with van der Waals surface area (Å²) < 4.78 is 26.5. The molecule has 1 aromatic heterocycles. The molecule has 1 aromatic rings. The fourth-order valence-electron chi connectivity index (χ4n) is 3.96. The third kappa shape index (κ3) is 8.19. The summed E-state index contributed by atoms with van der Waals surface area (Å²) in [6, 6.07) is 2.47. The highest BCUT2D eigenvalue weighted by Gasteiger charge is 2.41. The zero-order valence-corrected chi connectivity index (χ0v) is 19.3. The van der Waals surface area contributed by atoms with E-state index in [1.165, 1.54) is 34.6 Å². The van der Waals surface area contributed by atoms with Crippen LogP contribution in [0, 0.1) is 12.8 Å². The number of amides is 1. The SMILES string of the molecule is Cc1sc(C(=O)NC2CCC(F)(F)CC2)cc1C1CC1NCC1CC1.O=C(O)C=CC(=O)O. The number of thiophene rings is 1. The van der Waals surface area contributed by atoms with Crippen molar-refractivity contribution in [1.82, 2.24) is 10.6 Å². The molecule has 10 heteroatoms. The summed E-state index contributed by atoms with van der Waals surface area (Å²) >= 11 is 1.53. The van der Waals surface area contributed by atoms with Gasteiger partial charge in [0, 0.05) is 47.9 Å². The number of aryl methyl sites for hydroxylation is 1. The van der Waals surface area contributed by atoms with Gasteiger partial charge >= 0.3 is 11.9 Å². The largest absolute Gasteiger partial charge is 0.478 e. The van der Waals surface area contributed by atoms with Gasteiger partial charge in [-0.2, -0.15) is 0 Å². The molecule has 0 saturated heterocycles. The number of hydrogen-bond donors (Lipinski definition) is 4. The Balaban J connectivity index is 0.000000331. The van der Waals surface area contributed by atoms with Crippen LogP contribution in [0.5, 0.6) is 0 Å². The van der Waals surface area contributed by atoms with Crippen LogP contribution in [-0.2, 0) is 9.59 Å². The summed E-state index contributed by atoms with van der Waals surface area (Å²) in [6.07, 6.45) is 5.48. The Morgan fingerprint density at radius 2 is 1.73 bits per heavy atom. The van der Waals surface area contributed by atoms with Gasteiger partial charge in [-0.25, -0.2) is 18.4 Å². The number of halogens is 2. The molecule has 3 aliphatic rings. The van der Waals surface area contributed by atoms with Crippen molar-refractivity contribution in [3.05, 3.63) is 33.5 Å². The number of rotatable bonds is 8. The molecule has 7 nitrogen and oxygen atoms in total. The molecule has 3 fully saturated rings. The molecule has 4 N–H and O–H groups in total. The van der Waals surface area contributed by atoms with Gasteiger partial charge in [-0.1, -0.05) is 0 Å². The quantitative estimate of drug-likeness (QED) is 0.416. The van der Waals surface area contributed by atoms with Gasteiger partial charge in [0.25, 0.3) is 5.91 Å². The number of carboxylic acids is 2. The molecule has 2 atom stereocenters. The van der Waals surface area contributed by atoms with Crippen molar-refractivity contribution in [3.8, 4) is 0 Å². The van der Waals surface area contributed by atoms with Crippen LogP contribution >= 0.6 is 11.3 Å². The molecule has 1 heterocycles. The van der Waals surface area contributed by atoms with E-state index >= 15 is 0 Å². The third-order valence-corrected chi connectivity index (χ3v) is 7.22. The van der Waals surface area contributed by atoms with Crippen molar-refractivity contribution < 1.29 is 33.4 Å². The van der Waals surface area contributed by atoms with E-state index in [2.05, 4.69) is 17.6 Å². The molecule has 33 heavy (non-hydrogen) atoms. The first kappa shape index (κ1) is 25.3. The van der Waals surface area contributed by atoms with Gasteiger partial charge in [-0.3, -0.25) is 4.79 Å². The van der Waals surface area contributed by atoms with Crippen LogP contribution in [0.1, 0.15) is 71.0 Å². The Morgan fingerprint density at radius 1 is 1.12 bits per heavy atom. The minimum absolute atomic E-state index is 0.0993. The van der Waals surface area contributed by atoms with Crippen molar-refractivity contribution in [1.29, 1.82) is 0 Å². The molecule has 4 rings (SSSR count). The molecule has 182 valence electrons. The maximum absolute atomic E-state index is 13.2. The van der Waals surface area contributed by atoms with Crippen LogP contribution in [0.25, 0.3) is 0 Å². The molecular weight excluding hydrogens is 454 g/mol. The average Bonchev–Trinajstić information content (AvgIpc) is 3.66. The van der Waals surface area contributed by atoms with E-state index < -0.39 is 17.9 Å². The van der Waals surface area contributed by atoms with Crippen LogP contribution in [0.3, 0.4) is 0 Å². The first-order valence-electron chi connectivity index (χ1n) is 11.2. The lowest BCUT2D eigenvalue weighted by molar-refractivity contribution is -0.134. The van der Waals surface area contributed by atoms with Crippen LogP contribution < -0.4 is 10.6 Å². The van der Waals surface area contributed by atoms with Crippen LogP contribution in [0.2, 0.25) is 0 Å². The van der Waals surface area contributed by atoms with E-state index in [1.54, 1.807) is 0 Å². The van der Waals surface area contributed by atoms with Gasteiger partial charge in [0.05, 0.1) is 4.88 Å². The van der Waals surface area contributed by atoms with Gasteiger partial charge in [0.15, 0.2) is 0 Å². The second-order valence-corrected chi connectivity index (χ2v) is 10.3. The maximum atomic E-state index is 13.2. The topological polar surface area (TPSA) is 116 Å². The van der Waals surface area contributed by atoms with Crippen LogP contribution in [0.15, 0.2) is 18.2 Å². The van der Waals surface area contributed by atoms with E-state index in [0.29, 0.717) is 37.0 Å². The molecule has 0 spiro atoms. The number of carboxylic acid groups (broad SMARTS) is 2. The van der Waals surface area contributed by atoms with Gasteiger partial charge in [-0.05, 0) is 63.1 Å². The zero-order valence-electron chi connectivity index (χ0n) is 18.5. The first-order chi connectivity index (χ1) is 15.5. The molecule has 1 amide bonds. The smallest absolute Gasteiger partial charge is 0.328 e. The van der Waals surface area contributed by atoms with E-state index in [0.717, 1.165) is 23.8 Å². The summed E-state index contributed by atoms with van der Waals surface area (Å²) in [4.78, 5) is 33.5. The minimum atomic E-state index is -2.55. The van der Waals surface area contributed by atoms with Crippen molar-refractivity contribution >= 4 is 29.2 Å². The second-order valence-electron chi connectivity index (χ2n) is 9.04. The zero-order chi connectivity index (χ0) is 24.2. The Hall–Kier alpha value is -2.33. The molecule has 0 aromatic carbocycles. The standard InChI is InChI=1S/C19H26F2N2OS.C4H4O4/c1-11-14(15-8-16(15)22-10-12-2-3-12)9-17(25-11)18(24)23-13-4-6-19(20,21)7-5-13;5-3(6)1-2-4(7)8/h9,12-13,15-16,22H,2-8,10H2,1H3,(H,23,24);1-2H,(H,5,6)(H,7,8). The van der Waals surface area contributed by atoms with Crippen LogP contribution in [-0.4, -0.2) is 52.6 Å². The maximum Gasteiger partial charge on any atom is 0.328 e. The minimum Gasteiger partial charge on any atom is -0.478 e. The summed E-state index contributed by atoms with van der Waals surface area (Å²) in [5, 5.41) is 22.2. The number of nitrogens with one attached hydrogen (secondary N) is 2. The highest BCUT2D eigenvalue weighted by Crippen LogP contribution is 2.45. The van der Waals surface area contributed by atoms with Crippen molar-refractivity contribution in [2.75, 3.05) is 6.54 Å². The Kier molecular flexibility index (Phi) is 8.23. The summed E-state index contributed by atoms with van der Waals surface area (Å²) in [5.74, 6) is -3.75. The van der Waals surface area contributed by atoms with Gasteiger partial charge in [0.2, 0.25) is 5.92 Å². The third-order valence-electron chi connectivity index (χ3n) is 6.16. The molecule has 2 unspecified atom stereocenters. The Bertz CT molecular complexity index is 887. The Labute approximate surface area is 195 Å². The molecule has 0 radical (unpaired) electrons. The van der Waals surface area contributed by atoms with Crippen molar-refractivity contribution in [2.45, 2.75) is 75.8 Å². The number of carbonyl (C=O) groups is 3. The predicted molar refractivity (Wildman–Crippen MR) is 120 cm³/mol. The van der Waals surface area contributed by atoms with E-state index in [4.69, 9.17) is 10.2 Å². The molecular formula is C23H30F2N2O5S. The summed E-state index contributed by atoms with van der Waals surface area (Å²) in [6.45, 7) is 3.21. The van der Waals surface area contributed by atoms with Crippen LogP contribution in [0.4, 0.5) is 8.78 Å². The normalized spacial score (nSPS) is 24.1. The number of carbonyl (C=O) groups excluding carboxylic acids is 1. The highest BCUT2D eigenvalue weighted by atomic mass is 32.1. The van der Waals surface area contributed by atoms with Crippen molar-refractivity contribution in [3.63, 3.8) is 0 Å². The average molecular weight is 485 g/mol. The lowest BCUT2D eigenvalue weighted by atomic mass is 9.92. The lowest BCUT2D eigenvalue weighted by Gasteiger charge is -2.28. The summed E-state index contributed by atoms with van der Waals surface area (Å²) in [5.41, 5.74) is 1.29. The van der Waals surface area contributed by atoms with E-state index in [9.17, 15) is 23.2 Å². The monoisotopic (exact) mass is 484 g/mol. The first-order valence-corrected chi connectivity index (χ1v) is 12.0. The van der Waals surface area contributed by atoms with Gasteiger partial charge in [-0.15, -0.1) is 11.3 Å². The molecule has 3 saturated carbocycles. The molecule has 0 aliphatic heterocycles. The Morgan fingerprint density at radius 3 is 2.27 bits per heavy atom. The fraction of sp³-hybridized carbons (Fsp3) is 0.609. The lowest BCUT2D eigenvalue weighted by Crippen LogP contribution is -2.40. The number of hydrogen-bond acceptors (Lipinski definition) is 5. The predicted octanol–water partition coefficient (Wildman–Crippen LogP) is 3.93. The van der Waals surface area contributed by atoms with Gasteiger partial charge in [0.1, 0.15) is 0 Å². The number of alkyl halides is 2. The molecule has 3 aliphatic carbocycles. The fourth-order valence-corrected chi connectivity index (χ4v) is 4.96. The number of aliphatic carboxylic acids is 2. The van der Waals surface area contributed by atoms with Crippen molar-refractivity contribution in [2.24, 2.45) is 5.92 Å².